The molecule has 0 radical (unpaired) electrons. The average Bonchev–Trinajstić information content (AvgIpc) is 2.69. The van der Waals surface area contributed by atoms with Crippen LogP contribution in [0, 0.1) is 5.82 Å². The Morgan fingerprint density at radius 1 is 1.14 bits per heavy atom. The summed E-state index contributed by atoms with van der Waals surface area (Å²) in [4.78, 5) is 6.33. The third-order valence-corrected chi connectivity index (χ3v) is 4.13. The first-order valence-corrected chi connectivity index (χ1v) is 9.70. The third-order valence-electron chi connectivity index (χ3n) is 4.13. The molecule has 2 rings (SSSR count). The van der Waals surface area contributed by atoms with E-state index in [1.54, 1.807) is 19.2 Å². The van der Waals surface area contributed by atoms with Crippen LogP contribution in [0.2, 0.25) is 0 Å². The number of aliphatic imine (C=N–C) groups is 1. The maximum Gasteiger partial charge on any atom is 0.191 e. The van der Waals surface area contributed by atoms with Gasteiger partial charge in [0.2, 0.25) is 0 Å². The van der Waals surface area contributed by atoms with E-state index in [1.165, 1.54) is 12.1 Å². The summed E-state index contributed by atoms with van der Waals surface area (Å²) in [7, 11) is 5.75. The molecule has 0 aliphatic rings. The highest BCUT2D eigenvalue weighted by molar-refractivity contribution is 5.79. The lowest BCUT2D eigenvalue weighted by molar-refractivity contribution is 0.223. The first kappa shape index (κ1) is 22.5. The minimum absolute atomic E-state index is 0.156. The molecular formula is C22H31FN4O2. The van der Waals surface area contributed by atoms with Gasteiger partial charge in [-0.3, -0.25) is 4.99 Å². The molecule has 158 valence electrons. The van der Waals surface area contributed by atoms with E-state index in [4.69, 9.17) is 9.47 Å². The fourth-order valence-corrected chi connectivity index (χ4v) is 2.58. The second kappa shape index (κ2) is 11.9. The van der Waals surface area contributed by atoms with Gasteiger partial charge in [0.25, 0.3) is 0 Å². The molecule has 0 bridgehead atoms. The Labute approximate surface area is 172 Å². The van der Waals surface area contributed by atoms with E-state index in [9.17, 15) is 4.39 Å². The summed E-state index contributed by atoms with van der Waals surface area (Å²) >= 11 is 0. The second-order valence-corrected chi connectivity index (χ2v) is 6.95. The minimum Gasteiger partial charge on any atom is -0.492 e. The SMILES string of the molecule is CN=C(NCc1ccccc1OCCN(C)C)NCC(C)Oc1cccc(F)c1. The van der Waals surface area contributed by atoms with Crippen LogP contribution in [0.4, 0.5) is 4.39 Å². The summed E-state index contributed by atoms with van der Waals surface area (Å²) in [5, 5.41) is 6.51. The summed E-state index contributed by atoms with van der Waals surface area (Å²) in [6.07, 6.45) is -0.156. The van der Waals surface area contributed by atoms with Crippen molar-refractivity contribution in [1.82, 2.24) is 15.5 Å². The molecule has 2 N–H and O–H groups in total. The quantitative estimate of drug-likeness (QED) is 0.473. The maximum absolute atomic E-state index is 13.3. The molecule has 0 spiro atoms. The maximum atomic E-state index is 13.3. The number of benzene rings is 2. The van der Waals surface area contributed by atoms with Crippen LogP contribution < -0.4 is 20.1 Å². The normalized spacial score (nSPS) is 12.6. The number of likely N-dealkylation sites (N-methyl/N-ethyl adjacent to an activating group) is 1. The van der Waals surface area contributed by atoms with Gasteiger partial charge < -0.3 is 25.0 Å². The van der Waals surface area contributed by atoms with Gasteiger partial charge in [-0.1, -0.05) is 24.3 Å². The molecule has 29 heavy (non-hydrogen) atoms. The van der Waals surface area contributed by atoms with Crippen LogP contribution in [0.1, 0.15) is 12.5 Å². The Morgan fingerprint density at radius 2 is 1.93 bits per heavy atom. The zero-order valence-corrected chi connectivity index (χ0v) is 17.6. The van der Waals surface area contributed by atoms with Crippen LogP contribution in [0.15, 0.2) is 53.5 Å². The fraction of sp³-hybridized carbons (Fsp3) is 0.409. The predicted molar refractivity (Wildman–Crippen MR) is 115 cm³/mol. The summed E-state index contributed by atoms with van der Waals surface area (Å²) in [5.41, 5.74) is 1.05. The average molecular weight is 403 g/mol. The minimum atomic E-state index is -0.313. The van der Waals surface area contributed by atoms with Gasteiger partial charge in [0.15, 0.2) is 5.96 Å². The Hall–Kier alpha value is -2.80. The molecule has 1 unspecified atom stereocenters. The van der Waals surface area contributed by atoms with E-state index in [0.717, 1.165) is 17.9 Å². The van der Waals surface area contributed by atoms with Gasteiger partial charge in [0.1, 0.15) is 30.0 Å². The van der Waals surface area contributed by atoms with Crippen LogP contribution >= 0.6 is 0 Å². The number of para-hydroxylation sites is 1. The third kappa shape index (κ3) is 8.39. The molecule has 2 aromatic carbocycles. The Kier molecular flexibility index (Phi) is 9.24. The van der Waals surface area contributed by atoms with Gasteiger partial charge in [-0.05, 0) is 39.2 Å². The van der Waals surface area contributed by atoms with E-state index in [1.807, 2.05) is 45.3 Å². The molecule has 7 heteroatoms. The summed E-state index contributed by atoms with van der Waals surface area (Å²) in [5.74, 6) is 1.71. The van der Waals surface area contributed by atoms with E-state index in [0.29, 0.717) is 31.4 Å². The fourth-order valence-electron chi connectivity index (χ4n) is 2.58. The monoisotopic (exact) mass is 402 g/mol. The predicted octanol–water partition coefficient (Wildman–Crippen LogP) is 2.90. The highest BCUT2D eigenvalue weighted by Crippen LogP contribution is 2.17. The van der Waals surface area contributed by atoms with E-state index >= 15 is 0 Å². The van der Waals surface area contributed by atoms with E-state index < -0.39 is 0 Å². The van der Waals surface area contributed by atoms with Gasteiger partial charge >= 0.3 is 0 Å². The smallest absolute Gasteiger partial charge is 0.191 e. The number of nitrogens with one attached hydrogen (secondary N) is 2. The van der Waals surface area contributed by atoms with Crippen LogP contribution in [0.3, 0.4) is 0 Å². The van der Waals surface area contributed by atoms with Crippen molar-refractivity contribution in [1.29, 1.82) is 0 Å². The highest BCUT2D eigenvalue weighted by Gasteiger charge is 2.08. The second-order valence-electron chi connectivity index (χ2n) is 6.95. The molecule has 0 aliphatic carbocycles. The van der Waals surface area contributed by atoms with Crippen molar-refractivity contribution in [3.8, 4) is 11.5 Å². The molecule has 0 fully saturated rings. The van der Waals surface area contributed by atoms with Crippen molar-refractivity contribution in [2.75, 3.05) is 40.8 Å². The van der Waals surface area contributed by atoms with Gasteiger partial charge in [-0.25, -0.2) is 4.39 Å². The molecule has 0 aliphatic heterocycles. The number of nitrogens with zero attached hydrogens (tertiary/aromatic N) is 2. The topological polar surface area (TPSA) is 58.1 Å². The number of guanidine groups is 1. The molecular weight excluding hydrogens is 371 g/mol. The van der Waals surface area contributed by atoms with Crippen LogP contribution in [-0.4, -0.2) is 57.8 Å². The molecule has 0 heterocycles. The van der Waals surface area contributed by atoms with Crippen molar-refractivity contribution in [2.45, 2.75) is 19.6 Å². The lowest BCUT2D eigenvalue weighted by atomic mass is 10.2. The number of halogens is 1. The van der Waals surface area contributed by atoms with E-state index in [-0.39, 0.29) is 11.9 Å². The Balaban J connectivity index is 1.81. The molecule has 0 saturated carbocycles. The molecule has 6 nitrogen and oxygen atoms in total. The van der Waals surface area contributed by atoms with Gasteiger partial charge in [-0.15, -0.1) is 0 Å². The van der Waals surface area contributed by atoms with Crippen molar-refractivity contribution in [3.05, 3.63) is 59.9 Å². The van der Waals surface area contributed by atoms with Gasteiger partial charge in [-0.2, -0.15) is 0 Å². The molecule has 2 aromatic rings. The summed E-state index contributed by atoms with van der Waals surface area (Å²) in [6.45, 7) is 4.51. The molecule has 1 atom stereocenters. The summed E-state index contributed by atoms with van der Waals surface area (Å²) < 4.78 is 24.9. The number of ether oxygens (including phenoxy) is 2. The van der Waals surface area contributed by atoms with Crippen molar-refractivity contribution < 1.29 is 13.9 Å². The number of hydrogen-bond acceptors (Lipinski definition) is 4. The molecule has 0 saturated heterocycles. The molecule has 0 aromatic heterocycles. The lowest BCUT2D eigenvalue weighted by Crippen LogP contribution is -2.41. The summed E-state index contributed by atoms with van der Waals surface area (Å²) in [6, 6.07) is 14.1. The lowest BCUT2D eigenvalue weighted by Gasteiger charge is -2.18. The van der Waals surface area contributed by atoms with Crippen LogP contribution in [-0.2, 0) is 6.54 Å². The zero-order chi connectivity index (χ0) is 21.1. The van der Waals surface area contributed by atoms with Crippen molar-refractivity contribution in [2.24, 2.45) is 4.99 Å². The largest absolute Gasteiger partial charge is 0.492 e. The Bertz CT molecular complexity index is 783. The molecule has 0 amide bonds. The first-order valence-electron chi connectivity index (χ1n) is 9.70. The van der Waals surface area contributed by atoms with E-state index in [2.05, 4.69) is 20.5 Å². The van der Waals surface area contributed by atoms with Crippen LogP contribution in [0.25, 0.3) is 0 Å². The van der Waals surface area contributed by atoms with Crippen LogP contribution in [0.5, 0.6) is 11.5 Å². The standard InChI is InChI=1S/C22H31FN4O2/c1-17(29-20-10-7-9-19(23)14-20)15-25-22(24-2)26-16-18-8-5-6-11-21(18)28-13-12-27(3)4/h5-11,14,17H,12-13,15-16H2,1-4H3,(H2,24,25,26). The van der Waals surface area contributed by atoms with Gasteiger partial charge in [0, 0.05) is 31.8 Å². The Morgan fingerprint density at radius 3 is 2.66 bits per heavy atom. The first-order chi connectivity index (χ1) is 14.0. The zero-order valence-electron chi connectivity index (χ0n) is 17.6. The van der Waals surface area contributed by atoms with Gasteiger partial charge in [0.05, 0.1) is 6.54 Å². The number of rotatable bonds is 10. The van der Waals surface area contributed by atoms with Crippen molar-refractivity contribution in [3.63, 3.8) is 0 Å². The highest BCUT2D eigenvalue weighted by atomic mass is 19.1. The van der Waals surface area contributed by atoms with Crippen molar-refractivity contribution >= 4 is 5.96 Å². The number of hydrogen-bond donors (Lipinski definition) is 2.